The highest BCUT2D eigenvalue weighted by Gasteiger charge is 2.46. The van der Waals surface area contributed by atoms with Crippen LogP contribution >= 0.6 is 0 Å². The fraction of sp³-hybridized carbons (Fsp3) is 0.471. The number of rotatable bonds is 2. The van der Waals surface area contributed by atoms with Crippen LogP contribution in [0.3, 0.4) is 0 Å². The Hall–Kier alpha value is -1.61. The van der Waals surface area contributed by atoms with Gasteiger partial charge in [-0.2, -0.15) is 0 Å². The molecule has 0 N–H and O–H groups in total. The van der Waals surface area contributed by atoms with Crippen molar-refractivity contribution in [3.8, 4) is 0 Å². The molecule has 2 atom stereocenters. The van der Waals surface area contributed by atoms with Gasteiger partial charge in [0.2, 0.25) is 0 Å². The summed E-state index contributed by atoms with van der Waals surface area (Å²) in [5.41, 5.74) is 2.92. The largest absolute Gasteiger partial charge is 0.451 e. The minimum Gasteiger partial charge on any atom is -0.451 e. The van der Waals surface area contributed by atoms with E-state index in [0.717, 1.165) is 36.2 Å². The van der Waals surface area contributed by atoms with E-state index in [1.807, 2.05) is 30.3 Å². The number of hydrogen-bond donors (Lipinski definition) is 0. The molecule has 4 rings (SSSR count). The number of hydrogen-bond acceptors (Lipinski definition) is 3. The Morgan fingerprint density at radius 1 is 1.10 bits per heavy atom. The van der Waals surface area contributed by atoms with Crippen LogP contribution in [0, 0.1) is 5.92 Å². The Kier molecular flexibility index (Phi) is 2.88. The Morgan fingerprint density at radius 3 is 2.65 bits per heavy atom. The van der Waals surface area contributed by atoms with E-state index in [1.165, 1.54) is 12.8 Å². The zero-order valence-electron chi connectivity index (χ0n) is 11.4. The molecule has 1 aliphatic carbocycles. The van der Waals surface area contributed by atoms with E-state index in [0.29, 0.717) is 5.92 Å². The van der Waals surface area contributed by atoms with Gasteiger partial charge in [-0.3, -0.25) is 0 Å². The van der Waals surface area contributed by atoms with Crippen molar-refractivity contribution in [3.05, 3.63) is 41.5 Å². The first-order valence-corrected chi connectivity index (χ1v) is 7.45. The molecule has 0 amide bonds. The average molecular weight is 270 g/mol. The lowest BCUT2D eigenvalue weighted by atomic mass is 9.93. The summed E-state index contributed by atoms with van der Waals surface area (Å²) in [6.45, 7) is 0.779. The maximum atomic E-state index is 12.3. The standard InChI is InChI=1S/C17H18O3/c18-17-14(11-5-2-1-3-6-11)13-7-4-10-19-15(12-8-9-12)16(13)20-17/h1-3,5-6,12,15-16H,4,7-10H2/t15-,16-/m1/s1. The smallest absolute Gasteiger partial charge is 0.339 e. The van der Waals surface area contributed by atoms with Gasteiger partial charge in [0.25, 0.3) is 0 Å². The van der Waals surface area contributed by atoms with Gasteiger partial charge in [0.05, 0.1) is 5.57 Å². The number of carbonyl (C=O) groups is 1. The first-order chi connectivity index (χ1) is 9.84. The van der Waals surface area contributed by atoms with Crippen LogP contribution in [-0.4, -0.2) is 24.8 Å². The predicted octanol–water partition coefficient (Wildman–Crippen LogP) is 2.95. The highest BCUT2D eigenvalue weighted by Crippen LogP contribution is 2.44. The lowest BCUT2D eigenvalue weighted by Gasteiger charge is -2.22. The molecule has 1 saturated carbocycles. The zero-order valence-corrected chi connectivity index (χ0v) is 11.4. The summed E-state index contributed by atoms with van der Waals surface area (Å²) in [6, 6.07) is 9.88. The van der Waals surface area contributed by atoms with Gasteiger partial charge < -0.3 is 9.47 Å². The molecule has 0 spiro atoms. The molecular formula is C17H18O3. The summed E-state index contributed by atoms with van der Waals surface area (Å²) >= 11 is 0. The van der Waals surface area contributed by atoms with Crippen molar-refractivity contribution in [2.75, 3.05) is 6.61 Å². The van der Waals surface area contributed by atoms with Crippen molar-refractivity contribution in [3.63, 3.8) is 0 Å². The quantitative estimate of drug-likeness (QED) is 0.775. The molecule has 104 valence electrons. The molecule has 3 aliphatic rings. The normalized spacial score (nSPS) is 29.9. The molecule has 3 heteroatoms. The van der Waals surface area contributed by atoms with Crippen molar-refractivity contribution in [1.82, 2.24) is 0 Å². The van der Waals surface area contributed by atoms with Crippen molar-refractivity contribution in [2.24, 2.45) is 5.92 Å². The SMILES string of the molecule is O=C1O[C@@H]2C(=C1c1ccccc1)CCCO[C@@H]2C1CC1. The fourth-order valence-electron chi connectivity index (χ4n) is 3.34. The van der Waals surface area contributed by atoms with E-state index in [1.54, 1.807) is 0 Å². The van der Waals surface area contributed by atoms with Crippen LogP contribution < -0.4 is 0 Å². The van der Waals surface area contributed by atoms with Crippen molar-refractivity contribution >= 4 is 11.5 Å². The van der Waals surface area contributed by atoms with Crippen LogP contribution in [0.1, 0.15) is 31.2 Å². The topological polar surface area (TPSA) is 35.5 Å². The van der Waals surface area contributed by atoms with Crippen molar-refractivity contribution in [1.29, 1.82) is 0 Å². The zero-order chi connectivity index (χ0) is 13.5. The molecule has 1 aromatic rings. The van der Waals surface area contributed by atoms with Crippen LogP contribution in [0.25, 0.3) is 5.57 Å². The predicted molar refractivity (Wildman–Crippen MR) is 74.9 cm³/mol. The minimum atomic E-state index is -0.174. The third-order valence-electron chi connectivity index (χ3n) is 4.45. The van der Waals surface area contributed by atoms with Gasteiger partial charge in [-0.25, -0.2) is 4.79 Å². The highest BCUT2D eigenvalue weighted by atomic mass is 16.6. The molecule has 2 aliphatic heterocycles. The van der Waals surface area contributed by atoms with E-state index >= 15 is 0 Å². The van der Waals surface area contributed by atoms with Crippen molar-refractivity contribution < 1.29 is 14.3 Å². The fourth-order valence-corrected chi connectivity index (χ4v) is 3.34. The Balaban J connectivity index is 1.77. The van der Waals surface area contributed by atoms with Crippen LogP contribution in [-0.2, 0) is 14.3 Å². The second-order valence-electron chi connectivity index (χ2n) is 5.87. The Morgan fingerprint density at radius 2 is 1.90 bits per heavy atom. The monoisotopic (exact) mass is 270 g/mol. The number of benzene rings is 1. The Labute approximate surface area is 118 Å². The molecule has 2 fully saturated rings. The Bertz CT molecular complexity index is 557. The van der Waals surface area contributed by atoms with Crippen molar-refractivity contribution in [2.45, 2.75) is 37.9 Å². The van der Waals surface area contributed by atoms with E-state index in [2.05, 4.69) is 0 Å². The molecule has 2 heterocycles. The first-order valence-electron chi connectivity index (χ1n) is 7.45. The molecule has 1 aromatic carbocycles. The molecule has 20 heavy (non-hydrogen) atoms. The summed E-state index contributed by atoms with van der Waals surface area (Å²) in [5, 5.41) is 0. The maximum absolute atomic E-state index is 12.3. The third-order valence-corrected chi connectivity index (χ3v) is 4.45. The van der Waals surface area contributed by atoms with E-state index in [-0.39, 0.29) is 18.2 Å². The second-order valence-corrected chi connectivity index (χ2v) is 5.87. The molecule has 0 radical (unpaired) electrons. The molecular weight excluding hydrogens is 252 g/mol. The van der Waals surface area contributed by atoms with Gasteiger partial charge in [0.1, 0.15) is 6.10 Å². The number of carbonyl (C=O) groups excluding carboxylic acids is 1. The molecule has 1 saturated heterocycles. The van der Waals surface area contributed by atoms with Gasteiger partial charge in [0, 0.05) is 6.61 Å². The van der Waals surface area contributed by atoms with Gasteiger partial charge in [-0.05, 0) is 42.7 Å². The minimum absolute atomic E-state index is 0.0812. The molecule has 0 bridgehead atoms. The lowest BCUT2D eigenvalue weighted by molar-refractivity contribution is -0.144. The van der Waals surface area contributed by atoms with Crippen LogP contribution in [0.4, 0.5) is 0 Å². The number of esters is 1. The van der Waals surface area contributed by atoms with Gasteiger partial charge in [0.15, 0.2) is 6.10 Å². The van der Waals surface area contributed by atoms with Gasteiger partial charge in [-0.1, -0.05) is 30.3 Å². The second kappa shape index (κ2) is 4.74. The molecule has 3 nitrogen and oxygen atoms in total. The van der Waals surface area contributed by atoms with E-state index < -0.39 is 0 Å². The van der Waals surface area contributed by atoms with Gasteiger partial charge >= 0.3 is 5.97 Å². The average Bonchev–Trinajstić information content (AvgIpc) is 3.26. The first kappa shape index (κ1) is 12.2. The van der Waals surface area contributed by atoms with Crippen LogP contribution in [0.15, 0.2) is 35.9 Å². The van der Waals surface area contributed by atoms with E-state index in [4.69, 9.17) is 9.47 Å². The third kappa shape index (κ3) is 1.97. The lowest BCUT2D eigenvalue weighted by Crippen LogP contribution is -2.31. The summed E-state index contributed by atoms with van der Waals surface area (Å²) in [6.07, 6.45) is 4.22. The molecule has 0 unspecified atom stereocenters. The summed E-state index contributed by atoms with van der Waals surface area (Å²) in [7, 11) is 0. The maximum Gasteiger partial charge on any atom is 0.339 e. The highest BCUT2D eigenvalue weighted by molar-refractivity contribution is 6.19. The molecule has 0 aromatic heterocycles. The number of fused-ring (bicyclic) bond motifs is 1. The van der Waals surface area contributed by atoms with E-state index in [9.17, 15) is 4.79 Å². The van der Waals surface area contributed by atoms with Gasteiger partial charge in [-0.15, -0.1) is 0 Å². The summed E-state index contributed by atoms with van der Waals surface area (Å²) in [5.74, 6) is 0.406. The summed E-state index contributed by atoms with van der Waals surface area (Å²) in [4.78, 5) is 12.3. The number of ether oxygens (including phenoxy) is 2. The van der Waals surface area contributed by atoms with Crippen LogP contribution in [0.5, 0.6) is 0 Å². The van der Waals surface area contributed by atoms with Crippen LogP contribution in [0.2, 0.25) is 0 Å². The summed E-state index contributed by atoms with van der Waals surface area (Å²) < 4.78 is 11.7.